The summed E-state index contributed by atoms with van der Waals surface area (Å²) in [5.74, 6) is 1.77. The van der Waals surface area contributed by atoms with E-state index in [-0.39, 0.29) is 12.1 Å². The Kier molecular flexibility index (Phi) is 6.82. The average Bonchev–Trinajstić information content (AvgIpc) is 2.68. The number of thioether (sulfide) groups is 1. The normalized spacial score (nSPS) is 17.0. The van der Waals surface area contributed by atoms with Gasteiger partial charge in [-0.2, -0.15) is 11.8 Å². The van der Waals surface area contributed by atoms with E-state index in [4.69, 9.17) is 0 Å². The molecule has 1 atom stereocenters. The molecule has 0 aliphatic carbocycles. The Morgan fingerprint density at radius 3 is 2.66 bits per heavy atom. The van der Waals surface area contributed by atoms with Crippen LogP contribution in [0.2, 0.25) is 0 Å². The molecule has 3 rings (SSSR count). The van der Waals surface area contributed by atoms with Crippen molar-refractivity contribution in [2.75, 3.05) is 29.9 Å². The van der Waals surface area contributed by atoms with Crippen molar-refractivity contribution in [2.24, 2.45) is 0 Å². The lowest BCUT2D eigenvalue weighted by molar-refractivity contribution is -0.133. The SMILES string of the molecule is Cc1ccn(C[C@](C)(O)C(=O)Nc2cccc(CN3CCSCC3)c2C)c(=O)c1. The van der Waals surface area contributed by atoms with E-state index in [1.165, 1.54) is 23.1 Å². The molecule has 1 fully saturated rings. The number of aliphatic hydroxyl groups is 1. The second-order valence-corrected chi connectivity index (χ2v) is 9.10. The summed E-state index contributed by atoms with van der Waals surface area (Å²) in [7, 11) is 0. The van der Waals surface area contributed by atoms with E-state index in [1.54, 1.807) is 12.3 Å². The third kappa shape index (κ3) is 5.50. The van der Waals surface area contributed by atoms with Crippen LogP contribution in [-0.2, 0) is 17.9 Å². The Morgan fingerprint density at radius 1 is 1.24 bits per heavy atom. The molecule has 0 saturated carbocycles. The van der Waals surface area contributed by atoms with Gasteiger partial charge in [0, 0.05) is 49.1 Å². The van der Waals surface area contributed by atoms with Crippen molar-refractivity contribution >= 4 is 23.4 Å². The number of amides is 1. The molecule has 6 nitrogen and oxygen atoms in total. The van der Waals surface area contributed by atoms with E-state index in [1.807, 2.05) is 37.7 Å². The van der Waals surface area contributed by atoms with Crippen LogP contribution in [0.5, 0.6) is 0 Å². The zero-order valence-electron chi connectivity index (χ0n) is 17.3. The minimum atomic E-state index is -1.72. The second kappa shape index (κ2) is 9.15. The van der Waals surface area contributed by atoms with Crippen LogP contribution in [0.3, 0.4) is 0 Å². The minimum absolute atomic E-state index is 0.109. The van der Waals surface area contributed by atoms with Crippen LogP contribution in [0, 0.1) is 13.8 Å². The van der Waals surface area contributed by atoms with Gasteiger partial charge in [-0.25, -0.2) is 0 Å². The Labute approximate surface area is 175 Å². The van der Waals surface area contributed by atoms with Gasteiger partial charge in [-0.05, 0) is 49.6 Å². The highest BCUT2D eigenvalue weighted by Gasteiger charge is 2.31. The number of pyridine rings is 1. The molecule has 156 valence electrons. The number of carbonyl (C=O) groups excluding carboxylic acids is 1. The quantitative estimate of drug-likeness (QED) is 0.758. The zero-order chi connectivity index (χ0) is 21.0. The molecule has 0 spiro atoms. The predicted molar refractivity (Wildman–Crippen MR) is 118 cm³/mol. The first-order valence-corrected chi connectivity index (χ1v) is 11.0. The largest absolute Gasteiger partial charge is 0.378 e. The molecule has 0 unspecified atom stereocenters. The van der Waals surface area contributed by atoms with Gasteiger partial charge >= 0.3 is 0 Å². The first-order valence-electron chi connectivity index (χ1n) is 9.86. The van der Waals surface area contributed by atoms with Crippen molar-refractivity contribution < 1.29 is 9.90 Å². The maximum atomic E-state index is 12.8. The molecule has 1 aliphatic heterocycles. The molecule has 1 aromatic carbocycles. The fourth-order valence-electron chi connectivity index (χ4n) is 3.39. The highest BCUT2D eigenvalue weighted by Crippen LogP contribution is 2.23. The Hall–Kier alpha value is -2.09. The number of hydrogen-bond acceptors (Lipinski definition) is 5. The summed E-state index contributed by atoms with van der Waals surface area (Å²) in [6, 6.07) is 9.12. The number of benzene rings is 1. The van der Waals surface area contributed by atoms with Gasteiger partial charge in [0.25, 0.3) is 11.5 Å². The molecule has 1 amide bonds. The van der Waals surface area contributed by atoms with E-state index in [0.29, 0.717) is 5.69 Å². The third-order valence-electron chi connectivity index (χ3n) is 5.31. The Morgan fingerprint density at radius 2 is 1.97 bits per heavy atom. The summed E-state index contributed by atoms with van der Waals surface area (Å²) in [6.07, 6.45) is 1.60. The lowest BCUT2D eigenvalue weighted by Gasteiger charge is -2.27. The number of nitrogens with one attached hydrogen (secondary N) is 1. The molecule has 0 bridgehead atoms. The number of anilines is 1. The number of aryl methyl sites for hydroxylation is 1. The van der Waals surface area contributed by atoms with Crippen LogP contribution in [0.4, 0.5) is 5.69 Å². The molecule has 2 heterocycles. The molecule has 1 aliphatic rings. The van der Waals surface area contributed by atoms with Crippen molar-refractivity contribution in [2.45, 2.75) is 39.5 Å². The highest BCUT2D eigenvalue weighted by atomic mass is 32.2. The van der Waals surface area contributed by atoms with Gasteiger partial charge < -0.3 is 15.0 Å². The molecule has 7 heteroatoms. The van der Waals surface area contributed by atoms with Crippen LogP contribution in [0.15, 0.2) is 41.3 Å². The van der Waals surface area contributed by atoms with Crippen LogP contribution in [0.1, 0.15) is 23.6 Å². The Bertz CT molecular complexity index is 933. The topological polar surface area (TPSA) is 74.6 Å². The summed E-state index contributed by atoms with van der Waals surface area (Å²) in [5.41, 5.74) is 1.75. The summed E-state index contributed by atoms with van der Waals surface area (Å²) in [4.78, 5) is 27.3. The fraction of sp³-hybridized carbons (Fsp3) is 0.455. The average molecular weight is 416 g/mol. The lowest BCUT2D eigenvalue weighted by Crippen LogP contribution is -2.45. The second-order valence-electron chi connectivity index (χ2n) is 7.88. The van der Waals surface area contributed by atoms with E-state index >= 15 is 0 Å². The molecule has 0 radical (unpaired) electrons. The number of carbonyl (C=O) groups is 1. The first-order chi connectivity index (χ1) is 13.8. The summed E-state index contributed by atoms with van der Waals surface area (Å²) in [6.45, 7) is 8.13. The fourth-order valence-corrected chi connectivity index (χ4v) is 4.37. The highest BCUT2D eigenvalue weighted by molar-refractivity contribution is 7.99. The molecular weight excluding hydrogens is 386 g/mol. The molecule has 2 aromatic rings. The smallest absolute Gasteiger partial charge is 0.257 e. The van der Waals surface area contributed by atoms with E-state index in [2.05, 4.69) is 16.3 Å². The number of aromatic nitrogens is 1. The van der Waals surface area contributed by atoms with Crippen molar-refractivity contribution in [3.63, 3.8) is 0 Å². The van der Waals surface area contributed by atoms with E-state index in [0.717, 1.165) is 42.3 Å². The van der Waals surface area contributed by atoms with Gasteiger partial charge in [0.05, 0.1) is 6.54 Å². The minimum Gasteiger partial charge on any atom is -0.378 e. The van der Waals surface area contributed by atoms with Gasteiger partial charge in [0.15, 0.2) is 5.60 Å². The maximum Gasteiger partial charge on any atom is 0.257 e. The monoisotopic (exact) mass is 415 g/mol. The first kappa shape index (κ1) is 21.6. The van der Waals surface area contributed by atoms with Gasteiger partial charge in [-0.3, -0.25) is 14.5 Å². The third-order valence-corrected chi connectivity index (χ3v) is 6.25. The van der Waals surface area contributed by atoms with Crippen LogP contribution in [0.25, 0.3) is 0 Å². The van der Waals surface area contributed by atoms with Gasteiger partial charge in [0.1, 0.15) is 0 Å². The molecule has 1 aromatic heterocycles. The van der Waals surface area contributed by atoms with Crippen LogP contribution < -0.4 is 10.9 Å². The predicted octanol–water partition coefficient (Wildman–Crippen LogP) is 2.40. The standard InChI is InChI=1S/C22H29N3O3S/c1-16-7-8-25(20(26)13-16)15-22(3,28)21(27)23-19-6-4-5-18(17(19)2)14-24-9-11-29-12-10-24/h4-8,13,28H,9-12,14-15H2,1-3H3,(H,23,27)/t22-/m0/s1. The zero-order valence-corrected chi connectivity index (χ0v) is 18.1. The maximum absolute atomic E-state index is 12.8. The van der Waals surface area contributed by atoms with Gasteiger partial charge in [-0.1, -0.05) is 12.1 Å². The summed E-state index contributed by atoms with van der Waals surface area (Å²) >= 11 is 1.98. The van der Waals surface area contributed by atoms with Crippen molar-refractivity contribution in [1.29, 1.82) is 0 Å². The van der Waals surface area contributed by atoms with E-state index < -0.39 is 11.5 Å². The van der Waals surface area contributed by atoms with Crippen molar-refractivity contribution in [3.8, 4) is 0 Å². The van der Waals surface area contributed by atoms with E-state index in [9.17, 15) is 14.7 Å². The summed E-state index contributed by atoms with van der Waals surface area (Å²) < 4.78 is 1.35. The molecule has 2 N–H and O–H groups in total. The number of rotatable bonds is 6. The summed E-state index contributed by atoms with van der Waals surface area (Å²) in [5, 5.41) is 13.6. The molecule has 1 saturated heterocycles. The van der Waals surface area contributed by atoms with Crippen LogP contribution >= 0.6 is 11.8 Å². The number of hydrogen-bond donors (Lipinski definition) is 2. The van der Waals surface area contributed by atoms with Crippen LogP contribution in [-0.4, -0.2) is 50.7 Å². The molecule has 29 heavy (non-hydrogen) atoms. The van der Waals surface area contributed by atoms with Crippen molar-refractivity contribution in [1.82, 2.24) is 9.47 Å². The lowest BCUT2D eigenvalue weighted by atomic mass is 10.0. The Balaban J connectivity index is 1.71. The van der Waals surface area contributed by atoms with Gasteiger partial charge in [0.2, 0.25) is 0 Å². The number of nitrogens with zero attached hydrogens (tertiary/aromatic N) is 2. The van der Waals surface area contributed by atoms with Crippen molar-refractivity contribution in [3.05, 3.63) is 63.6 Å². The molecular formula is C22H29N3O3S. The van der Waals surface area contributed by atoms with Gasteiger partial charge in [-0.15, -0.1) is 0 Å².